The number of rotatable bonds is 2. The van der Waals surface area contributed by atoms with Crippen LogP contribution in [-0.4, -0.2) is 22.6 Å². The lowest BCUT2D eigenvalue weighted by Gasteiger charge is -2.22. The van der Waals surface area contributed by atoms with Crippen LogP contribution in [0.15, 0.2) is 24.3 Å². The number of hydrogen-bond acceptors (Lipinski definition) is 3. The Morgan fingerprint density at radius 1 is 1.20 bits per heavy atom. The first-order valence-electron chi connectivity index (χ1n) is 8.77. The summed E-state index contributed by atoms with van der Waals surface area (Å²) >= 11 is 6.23. The van der Waals surface area contributed by atoms with Gasteiger partial charge in [-0.15, -0.1) is 0 Å². The Hall–Kier alpha value is -2.07. The van der Waals surface area contributed by atoms with Gasteiger partial charge in [0.2, 0.25) is 0 Å². The molecule has 2 heterocycles. The summed E-state index contributed by atoms with van der Waals surface area (Å²) in [6.45, 7) is 0. The molecule has 0 radical (unpaired) electrons. The van der Waals surface area contributed by atoms with Crippen molar-refractivity contribution in [3.05, 3.63) is 40.7 Å². The Morgan fingerprint density at radius 2 is 1.96 bits per heavy atom. The lowest BCUT2D eigenvalue weighted by molar-refractivity contribution is 0.0594. The predicted molar refractivity (Wildman–Crippen MR) is 100 cm³/mol. The average Bonchev–Trinajstić information content (AvgIpc) is 2.93. The van der Waals surface area contributed by atoms with Crippen molar-refractivity contribution < 1.29 is 9.53 Å². The van der Waals surface area contributed by atoms with Crippen LogP contribution < -0.4 is 0 Å². The maximum absolute atomic E-state index is 12.2. The first-order chi connectivity index (χ1) is 12.1. The number of fused-ring (bicyclic) bond motifs is 3. The second kappa shape index (κ2) is 6.34. The van der Waals surface area contributed by atoms with Gasteiger partial charge in [0.15, 0.2) is 0 Å². The molecule has 0 N–H and O–H groups in total. The van der Waals surface area contributed by atoms with Crippen molar-refractivity contribution in [3.63, 3.8) is 0 Å². The number of carbonyl (C=O) groups excluding carboxylic acids is 1. The van der Waals surface area contributed by atoms with Crippen molar-refractivity contribution in [2.45, 2.75) is 38.0 Å². The number of halogens is 1. The minimum absolute atomic E-state index is 0.378. The van der Waals surface area contributed by atoms with Gasteiger partial charge in [-0.1, -0.05) is 30.9 Å². The molecule has 0 spiro atoms. The zero-order valence-electron chi connectivity index (χ0n) is 14.5. The van der Waals surface area contributed by atoms with E-state index in [-0.39, 0.29) is 0 Å². The van der Waals surface area contributed by atoms with Crippen LogP contribution in [0.2, 0.25) is 5.02 Å². The summed E-state index contributed by atoms with van der Waals surface area (Å²) in [5, 5.41) is 2.77. The van der Waals surface area contributed by atoms with Gasteiger partial charge in [0.1, 0.15) is 5.69 Å². The summed E-state index contributed by atoms with van der Waals surface area (Å²) in [6, 6.07) is 7.73. The number of aryl methyl sites for hydroxylation is 1. The lowest BCUT2D eigenvalue weighted by Crippen LogP contribution is -2.12. The topological polar surface area (TPSA) is 44.1 Å². The van der Waals surface area contributed by atoms with Crippen molar-refractivity contribution in [3.8, 4) is 0 Å². The van der Waals surface area contributed by atoms with E-state index in [0.717, 1.165) is 40.3 Å². The number of ether oxygens (including phenoxy) is 1. The molecular weight excluding hydrogens is 336 g/mol. The lowest BCUT2D eigenvalue weighted by atomic mass is 9.86. The molecule has 0 bridgehead atoms. The number of carbonyl (C=O) groups is 1. The largest absolute Gasteiger partial charge is 0.464 e. The fraction of sp³-hybridized carbons (Fsp3) is 0.400. The fourth-order valence-electron chi connectivity index (χ4n) is 4.12. The van der Waals surface area contributed by atoms with Crippen LogP contribution in [-0.2, 0) is 11.8 Å². The normalized spacial score (nSPS) is 15.8. The van der Waals surface area contributed by atoms with Gasteiger partial charge in [-0.2, -0.15) is 0 Å². The Bertz CT molecular complexity index is 971. The third-order valence-corrected chi connectivity index (χ3v) is 5.59. The van der Waals surface area contributed by atoms with Crippen LogP contribution in [0.4, 0.5) is 0 Å². The van der Waals surface area contributed by atoms with E-state index in [9.17, 15) is 4.79 Å². The van der Waals surface area contributed by atoms with E-state index in [0.29, 0.717) is 16.6 Å². The van der Waals surface area contributed by atoms with Gasteiger partial charge in [0.25, 0.3) is 0 Å². The molecule has 5 heteroatoms. The number of hydrogen-bond donors (Lipinski definition) is 0. The quantitative estimate of drug-likeness (QED) is 0.592. The first-order valence-corrected chi connectivity index (χ1v) is 9.15. The van der Waals surface area contributed by atoms with Crippen LogP contribution in [0.5, 0.6) is 0 Å². The molecule has 0 saturated heterocycles. The van der Waals surface area contributed by atoms with Crippen molar-refractivity contribution in [1.29, 1.82) is 0 Å². The summed E-state index contributed by atoms with van der Waals surface area (Å²) in [6.07, 6.45) is 5.95. The Morgan fingerprint density at radius 3 is 2.68 bits per heavy atom. The number of nitrogens with zero attached hydrogens (tertiary/aromatic N) is 2. The summed E-state index contributed by atoms with van der Waals surface area (Å²) < 4.78 is 7.12. The van der Waals surface area contributed by atoms with Gasteiger partial charge < -0.3 is 9.30 Å². The third-order valence-electron chi connectivity index (χ3n) is 5.35. The Kier molecular flexibility index (Phi) is 4.16. The standard InChI is InChI=1S/C20H21ClN2O2/c1-23-17-9-8-13(21)10-14(17)15-11-16(20(24)25-2)22-18(19(15)23)12-6-4-3-5-7-12/h8-12H,3-7H2,1-2H3. The molecule has 4 nitrogen and oxygen atoms in total. The number of benzene rings is 1. The third kappa shape index (κ3) is 2.69. The number of methoxy groups -OCH3 is 1. The zero-order valence-corrected chi connectivity index (χ0v) is 15.3. The van der Waals surface area contributed by atoms with Crippen molar-refractivity contribution in [2.75, 3.05) is 7.11 Å². The molecule has 1 fully saturated rings. The van der Waals surface area contributed by atoms with Crippen LogP contribution in [0.25, 0.3) is 21.8 Å². The summed E-state index contributed by atoms with van der Waals surface area (Å²) in [5.41, 5.74) is 3.60. The molecule has 0 unspecified atom stereocenters. The maximum Gasteiger partial charge on any atom is 0.356 e. The molecule has 2 aromatic heterocycles. The second-order valence-electron chi connectivity index (χ2n) is 6.84. The maximum atomic E-state index is 12.2. The molecule has 1 aliphatic rings. The van der Waals surface area contributed by atoms with E-state index < -0.39 is 5.97 Å². The van der Waals surface area contributed by atoms with E-state index in [2.05, 4.69) is 11.6 Å². The zero-order chi connectivity index (χ0) is 17.6. The molecule has 0 atom stereocenters. The SMILES string of the molecule is COC(=O)c1cc2c3cc(Cl)ccc3n(C)c2c(C2CCCCC2)n1. The Labute approximate surface area is 151 Å². The summed E-state index contributed by atoms with van der Waals surface area (Å²) in [4.78, 5) is 16.9. The fourth-order valence-corrected chi connectivity index (χ4v) is 4.29. The average molecular weight is 357 g/mol. The highest BCUT2D eigenvalue weighted by Crippen LogP contribution is 2.39. The van der Waals surface area contributed by atoms with E-state index in [1.54, 1.807) is 0 Å². The van der Waals surface area contributed by atoms with Gasteiger partial charge in [-0.05, 0) is 37.1 Å². The number of esters is 1. The molecule has 130 valence electrons. The molecule has 0 aliphatic heterocycles. The molecular formula is C20H21ClN2O2. The van der Waals surface area contributed by atoms with E-state index in [1.165, 1.54) is 26.4 Å². The van der Waals surface area contributed by atoms with Crippen molar-refractivity contribution in [1.82, 2.24) is 9.55 Å². The monoisotopic (exact) mass is 356 g/mol. The Balaban J connectivity index is 2.06. The van der Waals surface area contributed by atoms with E-state index in [4.69, 9.17) is 21.3 Å². The van der Waals surface area contributed by atoms with Gasteiger partial charge in [-0.25, -0.2) is 9.78 Å². The highest BCUT2D eigenvalue weighted by Gasteiger charge is 2.25. The smallest absolute Gasteiger partial charge is 0.356 e. The molecule has 1 aromatic carbocycles. The van der Waals surface area contributed by atoms with Gasteiger partial charge in [0, 0.05) is 34.3 Å². The van der Waals surface area contributed by atoms with Crippen LogP contribution in [0, 0.1) is 0 Å². The second-order valence-corrected chi connectivity index (χ2v) is 7.27. The minimum Gasteiger partial charge on any atom is -0.464 e. The van der Waals surface area contributed by atoms with Gasteiger partial charge >= 0.3 is 5.97 Å². The van der Waals surface area contributed by atoms with Gasteiger partial charge in [-0.3, -0.25) is 0 Å². The highest BCUT2D eigenvalue weighted by molar-refractivity contribution is 6.32. The first kappa shape index (κ1) is 16.4. The van der Waals surface area contributed by atoms with Crippen LogP contribution in [0.1, 0.15) is 54.2 Å². The molecule has 4 rings (SSSR count). The molecule has 1 aliphatic carbocycles. The number of pyridine rings is 1. The van der Waals surface area contributed by atoms with Crippen LogP contribution in [0.3, 0.4) is 0 Å². The molecule has 0 amide bonds. The number of aromatic nitrogens is 2. The van der Waals surface area contributed by atoms with E-state index >= 15 is 0 Å². The summed E-state index contributed by atoms with van der Waals surface area (Å²) in [5.74, 6) is -0.00247. The minimum atomic E-state index is -0.391. The van der Waals surface area contributed by atoms with Crippen molar-refractivity contribution >= 4 is 39.4 Å². The molecule has 25 heavy (non-hydrogen) atoms. The highest BCUT2D eigenvalue weighted by atomic mass is 35.5. The van der Waals surface area contributed by atoms with E-state index in [1.807, 2.05) is 24.3 Å². The molecule has 1 saturated carbocycles. The molecule has 3 aromatic rings. The van der Waals surface area contributed by atoms with Gasteiger partial charge in [0.05, 0.1) is 18.3 Å². The van der Waals surface area contributed by atoms with Crippen LogP contribution >= 0.6 is 11.6 Å². The van der Waals surface area contributed by atoms with Crippen molar-refractivity contribution in [2.24, 2.45) is 7.05 Å². The summed E-state index contributed by atoms with van der Waals surface area (Å²) in [7, 11) is 3.46. The predicted octanol–water partition coefficient (Wildman–Crippen LogP) is 5.21.